The van der Waals surface area contributed by atoms with Crippen molar-refractivity contribution in [1.82, 2.24) is 5.32 Å². The van der Waals surface area contributed by atoms with Gasteiger partial charge in [-0.1, -0.05) is 15.9 Å². The summed E-state index contributed by atoms with van der Waals surface area (Å²) in [5.74, 6) is 1.69. The summed E-state index contributed by atoms with van der Waals surface area (Å²) in [6, 6.07) is 7.86. The van der Waals surface area contributed by atoms with Crippen molar-refractivity contribution in [3.63, 3.8) is 0 Å². The highest BCUT2D eigenvalue weighted by atomic mass is 79.9. The molecule has 0 aliphatic heterocycles. The highest BCUT2D eigenvalue weighted by Crippen LogP contribution is 2.29. The first-order valence-electron chi connectivity index (χ1n) is 6.42. The van der Waals surface area contributed by atoms with E-state index in [1.807, 2.05) is 31.3 Å². The van der Waals surface area contributed by atoms with Gasteiger partial charge in [0.1, 0.15) is 12.4 Å². The van der Waals surface area contributed by atoms with E-state index in [0.717, 1.165) is 22.7 Å². The minimum absolute atomic E-state index is 0.442. The van der Waals surface area contributed by atoms with Gasteiger partial charge in [0.15, 0.2) is 0 Å². The molecule has 0 heterocycles. The van der Waals surface area contributed by atoms with E-state index < -0.39 is 0 Å². The zero-order valence-corrected chi connectivity index (χ0v) is 12.3. The van der Waals surface area contributed by atoms with Crippen molar-refractivity contribution in [2.24, 2.45) is 5.92 Å². The largest absolute Gasteiger partial charge is 0.491 e. The van der Waals surface area contributed by atoms with Gasteiger partial charge < -0.3 is 14.8 Å². The summed E-state index contributed by atoms with van der Waals surface area (Å²) >= 11 is 3.40. The van der Waals surface area contributed by atoms with E-state index in [2.05, 4.69) is 21.2 Å². The van der Waals surface area contributed by atoms with Gasteiger partial charge in [0.05, 0.1) is 12.7 Å². The number of nitrogens with one attached hydrogen (secondary N) is 1. The Morgan fingerprint density at radius 1 is 1.22 bits per heavy atom. The summed E-state index contributed by atoms with van der Waals surface area (Å²) in [6.45, 7) is 2.40. The van der Waals surface area contributed by atoms with E-state index in [-0.39, 0.29) is 0 Å². The van der Waals surface area contributed by atoms with Gasteiger partial charge in [0.2, 0.25) is 0 Å². The molecule has 0 unspecified atom stereocenters. The number of hydrogen-bond acceptors (Lipinski definition) is 3. The van der Waals surface area contributed by atoms with E-state index in [9.17, 15) is 0 Å². The lowest BCUT2D eigenvalue weighted by atomic mass is 9.82. The molecular weight excluding hydrogens is 294 g/mol. The topological polar surface area (TPSA) is 30.5 Å². The zero-order chi connectivity index (χ0) is 12.8. The van der Waals surface area contributed by atoms with Gasteiger partial charge in [-0.05, 0) is 56.6 Å². The first kappa shape index (κ1) is 13.8. The van der Waals surface area contributed by atoms with E-state index in [1.165, 1.54) is 12.8 Å². The Hall–Kier alpha value is -0.580. The van der Waals surface area contributed by atoms with Gasteiger partial charge in [-0.25, -0.2) is 0 Å². The Morgan fingerprint density at radius 2 is 1.94 bits per heavy atom. The maximum absolute atomic E-state index is 5.74. The molecule has 0 spiro atoms. The molecule has 1 aliphatic carbocycles. The maximum Gasteiger partial charge on any atom is 0.119 e. The van der Waals surface area contributed by atoms with Crippen LogP contribution in [0.4, 0.5) is 0 Å². The molecule has 4 heteroatoms. The van der Waals surface area contributed by atoms with Crippen LogP contribution in [0.3, 0.4) is 0 Å². The van der Waals surface area contributed by atoms with Crippen LogP contribution >= 0.6 is 15.9 Å². The van der Waals surface area contributed by atoms with Crippen molar-refractivity contribution < 1.29 is 9.47 Å². The molecular formula is C14H20BrNO2. The Morgan fingerprint density at radius 3 is 2.61 bits per heavy atom. The van der Waals surface area contributed by atoms with Crippen molar-refractivity contribution in [2.75, 3.05) is 26.8 Å². The number of benzene rings is 1. The average molecular weight is 314 g/mol. The van der Waals surface area contributed by atoms with Crippen LogP contribution in [0.2, 0.25) is 0 Å². The van der Waals surface area contributed by atoms with Crippen molar-refractivity contribution in [3.8, 4) is 5.75 Å². The molecule has 1 saturated carbocycles. The Bertz CT molecular complexity index is 349. The average Bonchev–Trinajstić information content (AvgIpc) is 2.33. The zero-order valence-electron chi connectivity index (χ0n) is 10.7. The lowest BCUT2D eigenvalue weighted by Crippen LogP contribution is -2.37. The van der Waals surface area contributed by atoms with E-state index in [0.29, 0.717) is 19.3 Å². The lowest BCUT2D eigenvalue weighted by molar-refractivity contribution is -0.0387. The molecule has 0 bridgehead atoms. The summed E-state index contributed by atoms with van der Waals surface area (Å²) in [5.41, 5.74) is 0. The second-order valence-electron chi connectivity index (χ2n) is 4.69. The number of ether oxygens (including phenoxy) is 2. The van der Waals surface area contributed by atoms with Crippen molar-refractivity contribution in [3.05, 3.63) is 28.7 Å². The minimum Gasteiger partial charge on any atom is -0.491 e. The molecule has 0 atom stereocenters. The molecule has 2 rings (SSSR count). The molecule has 100 valence electrons. The quantitative estimate of drug-likeness (QED) is 0.785. The van der Waals surface area contributed by atoms with E-state index >= 15 is 0 Å². The van der Waals surface area contributed by atoms with Gasteiger partial charge in [-0.15, -0.1) is 0 Å². The summed E-state index contributed by atoms with van der Waals surface area (Å²) < 4.78 is 12.4. The first-order valence-corrected chi connectivity index (χ1v) is 7.22. The standard InChI is InChI=1S/C14H20BrNO2/c1-16-10-11-8-14(9-11)18-7-6-17-13-4-2-12(15)3-5-13/h2-5,11,14,16H,6-10H2,1H3. The highest BCUT2D eigenvalue weighted by Gasteiger charge is 2.28. The Kier molecular flexibility index (Phi) is 5.47. The molecule has 1 aromatic rings. The Labute approximate surface area is 117 Å². The SMILES string of the molecule is CNCC1CC(OCCOc2ccc(Br)cc2)C1. The predicted molar refractivity (Wildman–Crippen MR) is 76.0 cm³/mol. The monoisotopic (exact) mass is 313 g/mol. The fraction of sp³-hybridized carbons (Fsp3) is 0.571. The van der Waals surface area contributed by atoms with Gasteiger partial charge >= 0.3 is 0 Å². The molecule has 0 radical (unpaired) electrons. The van der Waals surface area contributed by atoms with Crippen LogP contribution in [0.25, 0.3) is 0 Å². The van der Waals surface area contributed by atoms with Crippen LogP contribution < -0.4 is 10.1 Å². The van der Waals surface area contributed by atoms with Crippen LogP contribution in [-0.2, 0) is 4.74 Å². The summed E-state index contributed by atoms with van der Waals surface area (Å²) in [5, 5.41) is 3.20. The fourth-order valence-corrected chi connectivity index (χ4v) is 2.44. The summed E-state index contributed by atoms with van der Waals surface area (Å²) in [6.07, 6.45) is 2.80. The number of rotatable bonds is 7. The van der Waals surface area contributed by atoms with Crippen LogP contribution in [0, 0.1) is 5.92 Å². The normalized spacial score (nSPS) is 22.6. The molecule has 0 saturated heterocycles. The van der Waals surface area contributed by atoms with Crippen LogP contribution in [0.15, 0.2) is 28.7 Å². The second kappa shape index (κ2) is 7.12. The summed E-state index contributed by atoms with van der Waals surface area (Å²) in [4.78, 5) is 0. The van der Waals surface area contributed by atoms with Crippen molar-refractivity contribution in [2.45, 2.75) is 18.9 Å². The van der Waals surface area contributed by atoms with Gasteiger partial charge in [0.25, 0.3) is 0 Å². The van der Waals surface area contributed by atoms with Gasteiger partial charge in [-0.3, -0.25) is 0 Å². The van der Waals surface area contributed by atoms with Crippen molar-refractivity contribution in [1.29, 1.82) is 0 Å². The summed E-state index contributed by atoms with van der Waals surface area (Å²) in [7, 11) is 2.00. The van der Waals surface area contributed by atoms with Crippen molar-refractivity contribution >= 4 is 15.9 Å². The molecule has 0 amide bonds. The number of halogens is 1. The highest BCUT2D eigenvalue weighted by molar-refractivity contribution is 9.10. The molecule has 1 aromatic carbocycles. The molecule has 1 fully saturated rings. The molecule has 1 N–H and O–H groups in total. The lowest BCUT2D eigenvalue weighted by Gasteiger charge is -2.34. The second-order valence-corrected chi connectivity index (χ2v) is 5.61. The van der Waals surface area contributed by atoms with E-state index in [1.54, 1.807) is 0 Å². The van der Waals surface area contributed by atoms with E-state index in [4.69, 9.17) is 9.47 Å². The smallest absolute Gasteiger partial charge is 0.119 e. The fourth-order valence-electron chi connectivity index (χ4n) is 2.17. The minimum atomic E-state index is 0.442. The van der Waals surface area contributed by atoms with Gasteiger partial charge in [0, 0.05) is 4.47 Å². The third kappa shape index (κ3) is 4.26. The predicted octanol–water partition coefficient (Wildman–Crippen LogP) is 2.84. The molecule has 18 heavy (non-hydrogen) atoms. The van der Waals surface area contributed by atoms with Gasteiger partial charge in [-0.2, -0.15) is 0 Å². The van der Waals surface area contributed by atoms with Crippen LogP contribution in [-0.4, -0.2) is 32.9 Å². The third-order valence-corrected chi connectivity index (χ3v) is 3.73. The molecule has 1 aliphatic rings. The number of hydrogen-bond donors (Lipinski definition) is 1. The third-order valence-electron chi connectivity index (χ3n) is 3.20. The van der Waals surface area contributed by atoms with Crippen LogP contribution in [0.1, 0.15) is 12.8 Å². The molecule has 3 nitrogen and oxygen atoms in total. The first-order chi connectivity index (χ1) is 8.78. The maximum atomic E-state index is 5.74. The van der Waals surface area contributed by atoms with Crippen LogP contribution in [0.5, 0.6) is 5.75 Å². The molecule has 0 aromatic heterocycles. The Balaban J connectivity index is 1.53.